The highest BCUT2D eigenvalue weighted by Gasteiger charge is 2.55. The van der Waals surface area contributed by atoms with Crippen LogP contribution in [0, 0.1) is 11.3 Å². The molecule has 2 aromatic carbocycles. The van der Waals surface area contributed by atoms with Gasteiger partial charge in [0.1, 0.15) is 0 Å². The first-order valence-electron chi connectivity index (χ1n) is 12.6. The first-order chi connectivity index (χ1) is 17.4. The number of nitrogens with one attached hydrogen (secondary N) is 1. The van der Waals surface area contributed by atoms with E-state index in [2.05, 4.69) is 39.0 Å². The van der Waals surface area contributed by atoms with Gasteiger partial charge in [-0.3, -0.25) is 9.59 Å². The van der Waals surface area contributed by atoms with Crippen molar-refractivity contribution < 1.29 is 19.4 Å². The summed E-state index contributed by atoms with van der Waals surface area (Å²) in [6.45, 7) is 3.96. The Hall–Kier alpha value is -3.03. The molecule has 1 amide bonds. The van der Waals surface area contributed by atoms with Crippen LogP contribution in [0.15, 0.2) is 48.7 Å². The normalized spacial score (nSPS) is 25.4. The SMILES string of the molecule is O=C(NC1CC2(C1)CC(C(=O)O)C2)c1ccc(Cl)c2ccn(Cc3ccc(N4CCOCC4)cc3)c12. The zero-order valence-electron chi connectivity index (χ0n) is 20.1. The van der Waals surface area contributed by atoms with Crippen LogP contribution in [0.1, 0.15) is 41.6 Å². The Morgan fingerprint density at radius 1 is 1.03 bits per heavy atom. The van der Waals surface area contributed by atoms with Crippen molar-refractivity contribution in [2.24, 2.45) is 11.3 Å². The van der Waals surface area contributed by atoms with Crippen LogP contribution in [0.2, 0.25) is 5.02 Å². The zero-order valence-corrected chi connectivity index (χ0v) is 20.8. The molecular formula is C28H30ClN3O4. The fourth-order valence-corrected chi connectivity index (χ4v) is 6.50. The fraction of sp³-hybridized carbons (Fsp3) is 0.429. The minimum Gasteiger partial charge on any atom is -0.481 e. The number of morpholine rings is 1. The van der Waals surface area contributed by atoms with E-state index >= 15 is 0 Å². The molecule has 2 saturated carbocycles. The van der Waals surface area contributed by atoms with E-state index in [1.165, 1.54) is 5.69 Å². The van der Waals surface area contributed by atoms with Gasteiger partial charge in [-0.05, 0) is 67.0 Å². The van der Waals surface area contributed by atoms with Crippen LogP contribution in [-0.2, 0) is 16.1 Å². The molecule has 1 aromatic heterocycles. The molecule has 36 heavy (non-hydrogen) atoms. The average Bonchev–Trinajstić information content (AvgIpc) is 3.25. The first kappa shape index (κ1) is 23.4. The zero-order chi connectivity index (χ0) is 24.9. The molecule has 1 spiro atoms. The maximum atomic E-state index is 13.3. The highest BCUT2D eigenvalue weighted by Crippen LogP contribution is 2.58. The number of carbonyl (C=O) groups excluding carboxylic acids is 1. The van der Waals surface area contributed by atoms with Crippen molar-refractivity contribution in [2.75, 3.05) is 31.2 Å². The molecule has 2 heterocycles. The summed E-state index contributed by atoms with van der Waals surface area (Å²) in [5.74, 6) is -1.02. The summed E-state index contributed by atoms with van der Waals surface area (Å²) in [4.78, 5) is 26.8. The Balaban J connectivity index is 1.17. The van der Waals surface area contributed by atoms with Crippen molar-refractivity contribution in [3.63, 3.8) is 0 Å². The first-order valence-corrected chi connectivity index (χ1v) is 13.0. The van der Waals surface area contributed by atoms with E-state index in [-0.39, 0.29) is 23.3 Å². The Kier molecular flexibility index (Phi) is 5.92. The van der Waals surface area contributed by atoms with E-state index in [0.29, 0.717) is 17.1 Å². The van der Waals surface area contributed by atoms with Crippen LogP contribution in [0.5, 0.6) is 0 Å². The maximum absolute atomic E-state index is 13.3. The van der Waals surface area contributed by atoms with Crippen LogP contribution in [0.4, 0.5) is 5.69 Å². The number of fused-ring (bicyclic) bond motifs is 1. The number of aromatic nitrogens is 1. The lowest BCUT2D eigenvalue weighted by Crippen LogP contribution is -2.57. The van der Waals surface area contributed by atoms with Crippen LogP contribution in [-0.4, -0.2) is 53.9 Å². The van der Waals surface area contributed by atoms with Crippen LogP contribution < -0.4 is 10.2 Å². The number of aliphatic carboxylic acids is 1. The lowest BCUT2D eigenvalue weighted by Gasteiger charge is -2.56. The van der Waals surface area contributed by atoms with Gasteiger partial charge in [-0.2, -0.15) is 0 Å². The predicted octanol–water partition coefficient (Wildman–Crippen LogP) is 4.55. The van der Waals surface area contributed by atoms with Gasteiger partial charge in [-0.15, -0.1) is 0 Å². The van der Waals surface area contributed by atoms with Crippen molar-refractivity contribution in [1.82, 2.24) is 9.88 Å². The van der Waals surface area contributed by atoms with Crippen molar-refractivity contribution in [2.45, 2.75) is 38.3 Å². The van der Waals surface area contributed by atoms with Gasteiger partial charge >= 0.3 is 5.97 Å². The third-order valence-electron chi connectivity index (χ3n) is 8.18. The van der Waals surface area contributed by atoms with Gasteiger partial charge in [0, 0.05) is 48.0 Å². The van der Waals surface area contributed by atoms with Crippen LogP contribution in [0.3, 0.4) is 0 Å². The highest BCUT2D eigenvalue weighted by atomic mass is 35.5. The molecule has 3 aliphatic rings. The summed E-state index contributed by atoms with van der Waals surface area (Å²) in [6, 6.07) is 14.2. The number of carboxylic acid groups (broad SMARTS) is 1. The highest BCUT2D eigenvalue weighted by molar-refractivity contribution is 6.36. The van der Waals surface area contributed by atoms with Gasteiger partial charge in [0.25, 0.3) is 5.91 Å². The van der Waals surface area contributed by atoms with E-state index in [0.717, 1.165) is 68.5 Å². The van der Waals surface area contributed by atoms with E-state index in [1.54, 1.807) is 12.1 Å². The largest absolute Gasteiger partial charge is 0.481 e. The van der Waals surface area contributed by atoms with Gasteiger partial charge in [0.05, 0.1) is 30.2 Å². The number of rotatable bonds is 6. The molecule has 0 atom stereocenters. The number of carbonyl (C=O) groups is 2. The molecule has 1 saturated heterocycles. The number of hydrogen-bond donors (Lipinski definition) is 2. The minimum absolute atomic E-state index is 0.0918. The molecule has 0 bridgehead atoms. The van der Waals surface area contributed by atoms with Crippen LogP contribution >= 0.6 is 11.6 Å². The Labute approximate surface area is 215 Å². The minimum atomic E-state index is -0.701. The van der Waals surface area contributed by atoms with Gasteiger partial charge in [-0.25, -0.2) is 0 Å². The lowest BCUT2D eigenvalue weighted by molar-refractivity contribution is -0.155. The monoisotopic (exact) mass is 507 g/mol. The number of ether oxygens (including phenoxy) is 1. The molecule has 2 N–H and O–H groups in total. The summed E-state index contributed by atoms with van der Waals surface area (Å²) in [6.07, 6.45) is 5.16. The molecule has 7 nitrogen and oxygen atoms in total. The number of carboxylic acids is 1. The molecule has 3 fully saturated rings. The summed E-state index contributed by atoms with van der Waals surface area (Å²) in [7, 11) is 0. The molecular weight excluding hydrogens is 478 g/mol. The quantitative estimate of drug-likeness (QED) is 0.511. The van der Waals surface area contributed by atoms with E-state index in [9.17, 15) is 9.59 Å². The van der Waals surface area contributed by atoms with Gasteiger partial charge in [-0.1, -0.05) is 23.7 Å². The molecule has 1 aliphatic heterocycles. The number of amides is 1. The standard InChI is InChI=1S/C28H30ClN3O4/c29-24-6-5-23(26(33)30-20-15-28(16-20)13-19(14-28)27(34)35)25-22(24)7-8-32(25)17-18-1-3-21(4-2-18)31-9-11-36-12-10-31/h1-8,19-20H,9-17H2,(H,30,33)(H,34,35). The molecule has 0 radical (unpaired) electrons. The lowest BCUT2D eigenvalue weighted by atomic mass is 9.50. The Bertz CT molecular complexity index is 1300. The summed E-state index contributed by atoms with van der Waals surface area (Å²) in [5, 5.41) is 13.8. The fourth-order valence-electron chi connectivity index (χ4n) is 6.28. The summed E-state index contributed by atoms with van der Waals surface area (Å²) in [5.41, 5.74) is 3.91. The Morgan fingerprint density at radius 3 is 2.44 bits per heavy atom. The van der Waals surface area contributed by atoms with Crippen molar-refractivity contribution in [3.8, 4) is 0 Å². The topological polar surface area (TPSA) is 83.8 Å². The average molecular weight is 508 g/mol. The summed E-state index contributed by atoms with van der Waals surface area (Å²) >= 11 is 6.50. The number of anilines is 1. The number of halogens is 1. The number of nitrogens with zero attached hydrogens (tertiary/aromatic N) is 2. The van der Waals surface area contributed by atoms with E-state index < -0.39 is 5.97 Å². The molecule has 188 valence electrons. The smallest absolute Gasteiger partial charge is 0.306 e. The second-order valence-corrected chi connectivity index (χ2v) is 11.0. The molecule has 2 aliphatic carbocycles. The van der Waals surface area contributed by atoms with Crippen molar-refractivity contribution >= 4 is 40.1 Å². The molecule has 3 aromatic rings. The number of hydrogen-bond acceptors (Lipinski definition) is 4. The molecule has 0 unspecified atom stereocenters. The van der Waals surface area contributed by atoms with Crippen LogP contribution in [0.25, 0.3) is 10.9 Å². The van der Waals surface area contributed by atoms with Gasteiger partial charge in [0.2, 0.25) is 0 Å². The number of benzene rings is 2. The molecule has 6 rings (SSSR count). The molecule has 8 heteroatoms. The predicted molar refractivity (Wildman–Crippen MR) is 139 cm³/mol. The second kappa shape index (κ2) is 9.12. The van der Waals surface area contributed by atoms with E-state index in [1.807, 2.05) is 12.3 Å². The summed E-state index contributed by atoms with van der Waals surface area (Å²) < 4.78 is 7.54. The third-order valence-corrected chi connectivity index (χ3v) is 8.51. The Morgan fingerprint density at radius 2 is 1.75 bits per heavy atom. The third kappa shape index (κ3) is 4.24. The van der Waals surface area contributed by atoms with Crippen molar-refractivity contribution in [3.05, 3.63) is 64.8 Å². The maximum Gasteiger partial charge on any atom is 0.306 e. The van der Waals surface area contributed by atoms with E-state index in [4.69, 9.17) is 21.4 Å². The second-order valence-electron chi connectivity index (χ2n) is 10.6. The van der Waals surface area contributed by atoms with Gasteiger partial charge in [0.15, 0.2) is 0 Å². The van der Waals surface area contributed by atoms with Gasteiger partial charge < -0.3 is 24.6 Å². The van der Waals surface area contributed by atoms with Crippen molar-refractivity contribution in [1.29, 1.82) is 0 Å².